The molecule has 0 spiro atoms. The van der Waals surface area contributed by atoms with Crippen molar-refractivity contribution in [3.8, 4) is 0 Å². The van der Waals surface area contributed by atoms with Gasteiger partial charge in [-0.05, 0) is 31.9 Å². The summed E-state index contributed by atoms with van der Waals surface area (Å²) < 4.78 is 12.4. The van der Waals surface area contributed by atoms with E-state index >= 15 is 0 Å². The molecule has 7 heteroatoms. The first-order valence-corrected chi connectivity index (χ1v) is 8.88. The molecule has 1 aromatic carbocycles. The molecule has 2 rings (SSSR count). The summed E-state index contributed by atoms with van der Waals surface area (Å²) >= 11 is 12.1. The Labute approximate surface area is 136 Å². The highest BCUT2D eigenvalue weighted by Crippen LogP contribution is 2.33. The second kappa shape index (κ2) is 6.99. The van der Waals surface area contributed by atoms with Crippen LogP contribution in [0.15, 0.2) is 12.1 Å². The lowest BCUT2D eigenvalue weighted by Gasteiger charge is -2.17. The molecule has 0 bridgehead atoms. The average molecular weight is 349 g/mol. The molecule has 3 N–H and O–H groups in total. The summed E-state index contributed by atoms with van der Waals surface area (Å²) in [4.78, 5) is 12.2. The number of nitrogens with one attached hydrogen (secondary N) is 1. The van der Waals surface area contributed by atoms with E-state index in [2.05, 4.69) is 5.32 Å². The number of hydrogen-bond donors (Lipinski definition) is 2. The maximum atomic E-state index is 12.4. The second-order valence-corrected chi connectivity index (χ2v) is 8.07. The van der Waals surface area contributed by atoms with Gasteiger partial charge in [-0.3, -0.25) is 9.00 Å². The normalized spacial score (nSPS) is 18.4. The van der Waals surface area contributed by atoms with Gasteiger partial charge in [-0.2, -0.15) is 0 Å². The lowest BCUT2D eigenvalue weighted by Crippen LogP contribution is -2.33. The molecule has 2 unspecified atom stereocenters. The van der Waals surface area contributed by atoms with E-state index in [0.717, 1.165) is 25.7 Å². The van der Waals surface area contributed by atoms with E-state index in [1.807, 2.05) is 0 Å². The number of amides is 1. The van der Waals surface area contributed by atoms with Crippen LogP contribution >= 0.6 is 23.2 Å². The summed E-state index contributed by atoms with van der Waals surface area (Å²) in [5.74, 6) is -0.339. The fraction of sp³-hybridized carbons (Fsp3) is 0.500. The van der Waals surface area contributed by atoms with E-state index in [0.29, 0.717) is 11.4 Å². The maximum Gasteiger partial charge on any atom is 0.239 e. The molecule has 1 aliphatic carbocycles. The molecule has 1 amide bonds. The fourth-order valence-electron chi connectivity index (χ4n) is 2.45. The third-order valence-electron chi connectivity index (χ3n) is 3.66. The van der Waals surface area contributed by atoms with Crippen LogP contribution in [0.3, 0.4) is 0 Å². The monoisotopic (exact) mass is 348 g/mol. The lowest BCUT2D eigenvalue weighted by atomic mass is 10.2. The Balaban J connectivity index is 2.09. The third-order valence-corrected chi connectivity index (χ3v) is 6.30. The molecule has 1 fully saturated rings. The van der Waals surface area contributed by atoms with Gasteiger partial charge in [0, 0.05) is 21.7 Å². The van der Waals surface area contributed by atoms with Crippen molar-refractivity contribution in [3.05, 3.63) is 22.2 Å². The largest absolute Gasteiger partial charge is 0.399 e. The molecule has 0 aliphatic heterocycles. The smallest absolute Gasteiger partial charge is 0.239 e. The van der Waals surface area contributed by atoms with E-state index < -0.39 is 16.0 Å². The minimum atomic E-state index is -1.18. The Morgan fingerprint density at radius 2 is 1.86 bits per heavy atom. The standard InChI is InChI=1S/C14H18Cl2N2O2S/c1-8(21(20)10-4-2-3-5-10)14(19)18-13-11(15)6-9(17)7-12(13)16/h6-8,10H,2-5,17H2,1H3,(H,18,19). The van der Waals surface area contributed by atoms with E-state index in [1.165, 1.54) is 12.1 Å². The Hall–Kier alpha value is -0.780. The van der Waals surface area contributed by atoms with Crippen molar-refractivity contribution in [2.75, 3.05) is 11.1 Å². The van der Waals surface area contributed by atoms with Crippen LogP contribution in [-0.2, 0) is 15.6 Å². The van der Waals surface area contributed by atoms with E-state index in [1.54, 1.807) is 6.92 Å². The molecule has 0 heterocycles. The maximum absolute atomic E-state index is 12.4. The molecule has 2 atom stereocenters. The van der Waals surface area contributed by atoms with Crippen molar-refractivity contribution in [2.45, 2.75) is 43.1 Å². The van der Waals surface area contributed by atoms with E-state index in [4.69, 9.17) is 28.9 Å². The summed E-state index contributed by atoms with van der Waals surface area (Å²) in [5.41, 5.74) is 6.35. The summed E-state index contributed by atoms with van der Waals surface area (Å²) in [5, 5.41) is 2.71. The van der Waals surface area contributed by atoms with Crippen molar-refractivity contribution in [3.63, 3.8) is 0 Å². The Bertz CT molecular complexity index is 551. The summed E-state index contributed by atoms with van der Waals surface area (Å²) in [6, 6.07) is 3.03. The summed E-state index contributed by atoms with van der Waals surface area (Å²) in [6.07, 6.45) is 4.02. The van der Waals surface area contributed by atoms with Crippen molar-refractivity contribution < 1.29 is 9.00 Å². The molecule has 0 aromatic heterocycles. The zero-order valence-corrected chi connectivity index (χ0v) is 14.0. The minimum Gasteiger partial charge on any atom is -0.399 e. The van der Waals surface area contributed by atoms with Gasteiger partial charge in [0.05, 0.1) is 15.7 Å². The number of carbonyl (C=O) groups excluding carboxylic acids is 1. The van der Waals surface area contributed by atoms with Gasteiger partial charge in [0.25, 0.3) is 0 Å². The zero-order chi connectivity index (χ0) is 15.6. The quantitative estimate of drug-likeness (QED) is 0.816. The highest BCUT2D eigenvalue weighted by molar-refractivity contribution is 7.87. The van der Waals surface area contributed by atoms with Crippen LogP contribution in [0.4, 0.5) is 11.4 Å². The predicted molar refractivity (Wildman–Crippen MR) is 89.4 cm³/mol. The van der Waals surface area contributed by atoms with Crippen LogP contribution in [0.2, 0.25) is 10.0 Å². The lowest BCUT2D eigenvalue weighted by molar-refractivity contribution is -0.115. The van der Waals surface area contributed by atoms with Crippen LogP contribution < -0.4 is 11.1 Å². The highest BCUT2D eigenvalue weighted by Gasteiger charge is 2.29. The first-order valence-electron chi connectivity index (χ1n) is 6.85. The van der Waals surface area contributed by atoms with Gasteiger partial charge in [0.1, 0.15) is 5.25 Å². The Morgan fingerprint density at radius 1 is 1.33 bits per heavy atom. The second-order valence-electron chi connectivity index (χ2n) is 5.23. The van der Waals surface area contributed by atoms with Crippen LogP contribution in [0.1, 0.15) is 32.6 Å². The number of anilines is 2. The van der Waals surface area contributed by atoms with E-state index in [-0.39, 0.29) is 21.2 Å². The van der Waals surface area contributed by atoms with Gasteiger partial charge in [-0.25, -0.2) is 0 Å². The van der Waals surface area contributed by atoms with Gasteiger partial charge >= 0.3 is 0 Å². The number of halogens is 2. The zero-order valence-electron chi connectivity index (χ0n) is 11.7. The van der Waals surface area contributed by atoms with Gasteiger partial charge in [0.15, 0.2) is 0 Å². The first kappa shape index (κ1) is 16.6. The van der Waals surface area contributed by atoms with Crippen LogP contribution in [0.5, 0.6) is 0 Å². The Morgan fingerprint density at radius 3 is 2.38 bits per heavy atom. The topological polar surface area (TPSA) is 72.2 Å². The molecule has 116 valence electrons. The van der Waals surface area contributed by atoms with E-state index in [9.17, 15) is 9.00 Å². The summed E-state index contributed by atoms with van der Waals surface area (Å²) in [6.45, 7) is 1.67. The van der Waals surface area contributed by atoms with Gasteiger partial charge in [-0.1, -0.05) is 36.0 Å². The van der Waals surface area contributed by atoms with Crippen molar-refractivity contribution in [1.82, 2.24) is 0 Å². The molecule has 0 radical (unpaired) electrons. The molecule has 21 heavy (non-hydrogen) atoms. The Kier molecular flexibility index (Phi) is 5.52. The molecule has 0 saturated heterocycles. The SMILES string of the molecule is CC(C(=O)Nc1c(Cl)cc(N)cc1Cl)S(=O)C1CCCC1. The highest BCUT2D eigenvalue weighted by atomic mass is 35.5. The van der Waals surface area contributed by atoms with Crippen molar-refractivity contribution >= 4 is 51.3 Å². The number of rotatable bonds is 4. The summed E-state index contributed by atoms with van der Waals surface area (Å²) in [7, 11) is -1.18. The number of benzene rings is 1. The molecule has 4 nitrogen and oxygen atoms in total. The van der Waals surface area contributed by atoms with Crippen LogP contribution in [0.25, 0.3) is 0 Å². The van der Waals surface area contributed by atoms with Gasteiger partial charge < -0.3 is 11.1 Å². The predicted octanol–water partition coefficient (Wildman–Crippen LogP) is 3.59. The number of hydrogen-bond acceptors (Lipinski definition) is 3. The third kappa shape index (κ3) is 3.90. The molecular formula is C14H18Cl2N2O2S. The number of carbonyl (C=O) groups is 1. The van der Waals surface area contributed by atoms with Crippen LogP contribution in [-0.4, -0.2) is 20.6 Å². The fourth-order valence-corrected chi connectivity index (χ4v) is 4.70. The first-order chi connectivity index (χ1) is 9.90. The number of nitrogen functional groups attached to an aromatic ring is 1. The molecular weight excluding hydrogens is 331 g/mol. The number of nitrogens with two attached hydrogens (primary N) is 1. The molecule has 1 aliphatic rings. The van der Waals surface area contributed by atoms with Crippen molar-refractivity contribution in [2.24, 2.45) is 0 Å². The van der Waals surface area contributed by atoms with Gasteiger partial charge in [0.2, 0.25) is 5.91 Å². The molecule has 1 saturated carbocycles. The molecule has 1 aromatic rings. The average Bonchev–Trinajstić information content (AvgIpc) is 2.94. The van der Waals surface area contributed by atoms with Crippen molar-refractivity contribution in [1.29, 1.82) is 0 Å². The van der Waals surface area contributed by atoms with Gasteiger partial charge in [-0.15, -0.1) is 0 Å². The van der Waals surface area contributed by atoms with Crippen LogP contribution in [0, 0.1) is 0 Å². The minimum absolute atomic E-state index is 0.114.